The Labute approximate surface area is 77.0 Å². The highest BCUT2D eigenvalue weighted by Crippen LogP contribution is 2.14. The van der Waals surface area contributed by atoms with Crippen LogP contribution < -0.4 is 10.4 Å². The predicted octanol–water partition coefficient (Wildman–Crippen LogP) is 1.41. The van der Waals surface area contributed by atoms with Gasteiger partial charge < -0.3 is 0 Å². The summed E-state index contributed by atoms with van der Waals surface area (Å²) in [5, 5.41) is 6.62. The van der Waals surface area contributed by atoms with Gasteiger partial charge in [0, 0.05) is 16.9 Å². The summed E-state index contributed by atoms with van der Waals surface area (Å²) in [4.78, 5) is 0. The van der Waals surface area contributed by atoms with Gasteiger partial charge in [0.2, 0.25) is 0 Å². The van der Waals surface area contributed by atoms with Gasteiger partial charge in [-0.15, -0.1) is 5.10 Å². The summed E-state index contributed by atoms with van der Waals surface area (Å²) in [7, 11) is 0.0565. The van der Waals surface area contributed by atoms with Gasteiger partial charge >= 0.3 is 0 Å². The van der Waals surface area contributed by atoms with Crippen LogP contribution >= 0.6 is 8.46 Å². The molecule has 1 aromatic heterocycles. The van der Waals surface area contributed by atoms with Crippen LogP contribution in [0, 0.1) is 0 Å². The van der Waals surface area contributed by atoms with E-state index in [9.17, 15) is 4.57 Å². The van der Waals surface area contributed by atoms with E-state index in [4.69, 9.17) is 0 Å². The zero-order chi connectivity index (χ0) is 9.10. The molecule has 0 atom stereocenters. The molecule has 0 aliphatic heterocycles. The van der Waals surface area contributed by atoms with E-state index in [-0.39, 0.29) is 8.46 Å². The number of nitrogens with one attached hydrogen (secondary N) is 2. The zero-order valence-electron chi connectivity index (χ0n) is 6.82. The Morgan fingerprint density at radius 1 is 1.31 bits per heavy atom. The number of hydrogen-bond donors (Lipinski definition) is 1. The second-order valence-electron chi connectivity index (χ2n) is 2.66. The minimum atomic E-state index is 0.0565. The maximum Gasteiger partial charge on any atom is 0.193 e. The second-order valence-corrected chi connectivity index (χ2v) is 3.36. The van der Waals surface area contributed by atoms with Gasteiger partial charge in [0.15, 0.2) is 14.7 Å². The van der Waals surface area contributed by atoms with Gasteiger partial charge in [0.25, 0.3) is 0 Å². The van der Waals surface area contributed by atoms with Crippen molar-refractivity contribution in [3.8, 4) is 11.3 Å². The molecule has 0 amide bonds. The molecule has 0 saturated carbocycles. The Kier molecular flexibility index (Phi) is 2.19. The van der Waals surface area contributed by atoms with Crippen molar-refractivity contribution in [2.45, 2.75) is 0 Å². The van der Waals surface area contributed by atoms with Gasteiger partial charge in [-0.2, -0.15) is 5.10 Å². The summed E-state index contributed by atoms with van der Waals surface area (Å²) in [6.45, 7) is 0. The van der Waals surface area contributed by atoms with Crippen LogP contribution in [0.4, 0.5) is 0 Å². The lowest BCUT2D eigenvalue weighted by Gasteiger charge is -1.94. The van der Waals surface area contributed by atoms with Crippen LogP contribution in [0.1, 0.15) is 0 Å². The highest BCUT2D eigenvalue weighted by molar-refractivity contribution is 7.34. The standard InChI is InChI=1S/C9H7N2OP/c12-13-8-3-1-2-7(6-8)9-4-5-10-11-9/h1-6H,(H,10,11)/p+1. The summed E-state index contributed by atoms with van der Waals surface area (Å²) in [5.74, 6) is 0. The van der Waals surface area contributed by atoms with E-state index in [1.54, 1.807) is 0 Å². The lowest BCUT2D eigenvalue weighted by molar-refractivity contribution is -0.448. The highest BCUT2D eigenvalue weighted by Gasteiger charge is 2.01. The van der Waals surface area contributed by atoms with Gasteiger partial charge in [0.05, 0.1) is 0 Å². The molecule has 0 radical (unpaired) electrons. The third kappa shape index (κ3) is 1.65. The van der Waals surface area contributed by atoms with E-state index in [1.165, 1.54) is 0 Å². The molecule has 0 fully saturated rings. The molecular formula is C9H8N2OP+. The molecule has 0 aliphatic rings. The van der Waals surface area contributed by atoms with E-state index >= 15 is 0 Å². The van der Waals surface area contributed by atoms with Crippen LogP contribution in [-0.2, 0) is 4.57 Å². The molecule has 0 saturated heterocycles. The van der Waals surface area contributed by atoms with E-state index in [1.807, 2.05) is 36.5 Å². The normalized spacial score (nSPS) is 10.5. The number of benzene rings is 1. The first-order valence-electron chi connectivity index (χ1n) is 3.89. The van der Waals surface area contributed by atoms with Gasteiger partial charge in [-0.25, -0.2) is 0 Å². The van der Waals surface area contributed by atoms with Gasteiger partial charge in [-0.05, 0) is 12.1 Å². The molecule has 2 rings (SSSR count). The fourth-order valence-corrected chi connectivity index (χ4v) is 1.52. The fraction of sp³-hybridized carbons (Fsp3) is 0. The first-order valence-corrected chi connectivity index (χ1v) is 4.70. The topological polar surface area (TPSA) is 47.0 Å². The van der Waals surface area contributed by atoms with Crippen LogP contribution in [-0.4, -0.2) is 5.10 Å². The van der Waals surface area contributed by atoms with Crippen LogP contribution in [0.5, 0.6) is 0 Å². The fourth-order valence-electron chi connectivity index (χ4n) is 1.18. The van der Waals surface area contributed by atoms with Gasteiger partial charge in [0.1, 0.15) is 5.69 Å². The average Bonchev–Trinajstić information content (AvgIpc) is 2.71. The van der Waals surface area contributed by atoms with Crippen molar-refractivity contribution in [1.82, 2.24) is 5.10 Å². The third-order valence-corrected chi connectivity index (χ3v) is 2.29. The summed E-state index contributed by atoms with van der Waals surface area (Å²) in [6.07, 6.45) is 1.82. The predicted molar refractivity (Wildman–Crippen MR) is 50.0 cm³/mol. The highest BCUT2D eigenvalue weighted by atomic mass is 31.1. The first kappa shape index (κ1) is 8.14. The summed E-state index contributed by atoms with van der Waals surface area (Å²) >= 11 is 0. The maximum absolute atomic E-state index is 10.6. The Morgan fingerprint density at radius 3 is 2.92 bits per heavy atom. The minimum absolute atomic E-state index is 0.0565. The number of hydrogen-bond acceptors (Lipinski definition) is 1. The van der Waals surface area contributed by atoms with Gasteiger partial charge in [-0.1, -0.05) is 12.1 Å². The number of aromatic amines is 2. The number of aromatic nitrogens is 2. The molecule has 0 bridgehead atoms. The lowest BCUT2D eigenvalue weighted by atomic mass is 10.2. The third-order valence-electron chi connectivity index (χ3n) is 1.80. The van der Waals surface area contributed by atoms with Crippen molar-refractivity contribution in [3.05, 3.63) is 36.5 Å². The van der Waals surface area contributed by atoms with Crippen LogP contribution in [0.3, 0.4) is 0 Å². The summed E-state index contributed by atoms with van der Waals surface area (Å²) in [5.41, 5.74) is 2.02. The van der Waals surface area contributed by atoms with Crippen molar-refractivity contribution in [1.29, 1.82) is 0 Å². The molecular weight excluding hydrogens is 183 g/mol. The Morgan fingerprint density at radius 2 is 2.23 bits per heavy atom. The number of H-pyrrole nitrogens is 2. The lowest BCUT2D eigenvalue weighted by Crippen LogP contribution is -1.99. The monoisotopic (exact) mass is 191 g/mol. The van der Waals surface area contributed by atoms with Crippen molar-refractivity contribution >= 4 is 13.8 Å². The smallest absolute Gasteiger partial charge is 0.193 e. The van der Waals surface area contributed by atoms with E-state index in [0.717, 1.165) is 16.6 Å². The molecule has 0 unspecified atom stereocenters. The van der Waals surface area contributed by atoms with E-state index in [0.29, 0.717) is 0 Å². The SMILES string of the molecule is O=Pc1cccc(-c2cc[nH+][nH]2)c1. The van der Waals surface area contributed by atoms with Crippen LogP contribution in [0.25, 0.3) is 11.3 Å². The van der Waals surface area contributed by atoms with Crippen molar-refractivity contribution in [2.24, 2.45) is 0 Å². The van der Waals surface area contributed by atoms with Crippen LogP contribution in [0.2, 0.25) is 0 Å². The average molecular weight is 191 g/mol. The summed E-state index contributed by atoms with van der Waals surface area (Å²) < 4.78 is 10.6. The molecule has 4 heteroatoms. The van der Waals surface area contributed by atoms with Crippen molar-refractivity contribution < 1.29 is 9.66 Å². The van der Waals surface area contributed by atoms with Crippen molar-refractivity contribution in [3.63, 3.8) is 0 Å². The van der Waals surface area contributed by atoms with E-state index in [2.05, 4.69) is 10.2 Å². The second kappa shape index (κ2) is 3.50. The quantitative estimate of drug-likeness (QED) is 0.717. The van der Waals surface area contributed by atoms with E-state index < -0.39 is 0 Å². The molecule has 1 heterocycles. The molecule has 2 aromatic rings. The molecule has 13 heavy (non-hydrogen) atoms. The molecule has 0 spiro atoms. The van der Waals surface area contributed by atoms with Gasteiger partial charge in [-0.3, -0.25) is 4.57 Å². The maximum atomic E-state index is 10.6. The molecule has 2 N–H and O–H groups in total. The Balaban J connectivity index is 2.47. The molecule has 0 aliphatic carbocycles. The number of rotatable bonds is 2. The Hall–Kier alpha value is -1.47. The van der Waals surface area contributed by atoms with Crippen molar-refractivity contribution in [2.75, 3.05) is 0 Å². The first-order chi connectivity index (χ1) is 6.40. The van der Waals surface area contributed by atoms with Crippen LogP contribution in [0.15, 0.2) is 36.5 Å². The largest absolute Gasteiger partial charge is 0.269 e. The minimum Gasteiger partial charge on any atom is -0.269 e. The molecule has 1 aromatic carbocycles. The molecule has 64 valence electrons. The Bertz CT molecular complexity index is 411. The summed E-state index contributed by atoms with van der Waals surface area (Å²) in [6, 6.07) is 9.49. The zero-order valence-corrected chi connectivity index (χ0v) is 7.71. The molecule has 3 nitrogen and oxygen atoms in total.